The molecule has 3 aromatic rings. The maximum Gasteiger partial charge on any atom is 0.262 e. The van der Waals surface area contributed by atoms with Crippen LogP contribution in [0.1, 0.15) is 38.9 Å². The largest absolute Gasteiger partial charge is 0.384 e. The summed E-state index contributed by atoms with van der Waals surface area (Å²) in [5.41, 5.74) is 8.54. The zero-order valence-electron chi connectivity index (χ0n) is 14.7. The Kier molecular flexibility index (Phi) is 3.65. The topological polar surface area (TPSA) is 125 Å². The van der Waals surface area contributed by atoms with Crippen LogP contribution in [0.5, 0.6) is 0 Å². The minimum Gasteiger partial charge on any atom is -0.384 e. The Hall–Kier alpha value is -3.75. The Balaban J connectivity index is 1.92. The summed E-state index contributed by atoms with van der Waals surface area (Å²) in [5.74, 6) is -1.31. The van der Waals surface area contributed by atoms with E-state index in [0.717, 1.165) is 29.4 Å². The number of anilines is 1. The van der Waals surface area contributed by atoms with Crippen LogP contribution in [0.2, 0.25) is 0 Å². The molecule has 2 amide bonds. The van der Waals surface area contributed by atoms with Crippen molar-refractivity contribution in [3.8, 4) is 11.4 Å². The summed E-state index contributed by atoms with van der Waals surface area (Å²) < 4.78 is 2.83. The van der Waals surface area contributed by atoms with Gasteiger partial charge in [0.25, 0.3) is 17.4 Å². The van der Waals surface area contributed by atoms with Gasteiger partial charge in [-0.05, 0) is 31.0 Å². The maximum atomic E-state index is 12.6. The molecule has 3 heterocycles. The molecule has 0 aliphatic carbocycles. The van der Waals surface area contributed by atoms with E-state index in [0.29, 0.717) is 5.69 Å². The SMILES string of the molecule is CCc1cn(-c2cc(-n3c(N)c4c(cc3=O)C(=O)NC4=O)ccc2C)nn1. The van der Waals surface area contributed by atoms with Crippen LogP contribution in [0.4, 0.5) is 5.82 Å². The first-order chi connectivity index (χ1) is 12.9. The molecule has 0 saturated heterocycles. The number of nitrogens with zero attached hydrogens (tertiary/aromatic N) is 4. The quantitative estimate of drug-likeness (QED) is 0.661. The second kappa shape index (κ2) is 5.90. The molecule has 0 spiro atoms. The lowest BCUT2D eigenvalue weighted by atomic mass is 10.1. The summed E-state index contributed by atoms with van der Waals surface area (Å²) in [4.78, 5) is 36.4. The van der Waals surface area contributed by atoms with Gasteiger partial charge in [0.2, 0.25) is 0 Å². The van der Waals surface area contributed by atoms with Gasteiger partial charge in [-0.1, -0.05) is 18.2 Å². The van der Waals surface area contributed by atoms with Crippen LogP contribution >= 0.6 is 0 Å². The van der Waals surface area contributed by atoms with Crippen molar-refractivity contribution >= 4 is 17.6 Å². The van der Waals surface area contributed by atoms with Crippen LogP contribution in [-0.2, 0) is 6.42 Å². The highest BCUT2D eigenvalue weighted by atomic mass is 16.2. The van der Waals surface area contributed by atoms with Crippen molar-refractivity contribution < 1.29 is 9.59 Å². The van der Waals surface area contributed by atoms with Crippen LogP contribution in [0.3, 0.4) is 0 Å². The molecule has 0 fully saturated rings. The first-order valence-electron chi connectivity index (χ1n) is 8.34. The number of imide groups is 1. The fraction of sp³-hybridized carbons (Fsp3) is 0.167. The summed E-state index contributed by atoms with van der Waals surface area (Å²) in [6, 6.07) is 6.40. The van der Waals surface area contributed by atoms with E-state index in [1.165, 1.54) is 4.57 Å². The first-order valence-corrected chi connectivity index (χ1v) is 8.34. The number of carbonyl (C=O) groups is 2. The van der Waals surface area contributed by atoms with E-state index < -0.39 is 17.4 Å². The second-order valence-corrected chi connectivity index (χ2v) is 6.25. The average Bonchev–Trinajstić information content (AvgIpc) is 3.21. The minimum atomic E-state index is -0.620. The smallest absolute Gasteiger partial charge is 0.262 e. The highest BCUT2D eigenvalue weighted by Crippen LogP contribution is 2.24. The zero-order chi connectivity index (χ0) is 19.3. The number of aryl methyl sites for hydroxylation is 2. The Morgan fingerprint density at radius 2 is 1.93 bits per heavy atom. The maximum absolute atomic E-state index is 12.6. The highest BCUT2D eigenvalue weighted by molar-refractivity contribution is 6.23. The predicted molar refractivity (Wildman–Crippen MR) is 97.3 cm³/mol. The molecule has 4 rings (SSSR count). The molecule has 27 heavy (non-hydrogen) atoms. The van der Waals surface area contributed by atoms with Gasteiger partial charge in [0.15, 0.2) is 0 Å². The molecule has 1 aliphatic rings. The van der Waals surface area contributed by atoms with Gasteiger partial charge in [0.1, 0.15) is 5.82 Å². The van der Waals surface area contributed by atoms with Crippen molar-refractivity contribution in [1.82, 2.24) is 24.9 Å². The molecule has 1 aliphatic heterocycles. The normalized spacial score (nSPS) is 13.0. The standard InChI is InChI=1S/C18H16N6O3/c1-3-10-8-23(22-21-10)13-6-11(5-4-9(13)2)24-14(25)7-12-15(16(24)19)18(27)20-17(12)26/h4-8H,3,19H2,1-2H3,(H,20,26,27). The molecule has 3 N–H and O–H groups in total. The number of nitrogen functional groups attached to an aromatic ring is 1. The number of pyridine rings is 1. The van der Waals surface area contributed by atoms with Gasteiger partial charge in [0.05, 0.1) is 34.4 Å². The number of nitrogens with one attached hydrogen (secondary N) is 1. The molecule has 0 atom stereocenters. The van der Waals surface area contributed by atoms with Crippen molar-refractivity contribution in [2.75, 3.05) is 5.73 Å². The Morgan fingerprint density at radius 3 is 2.63 bits per heavy atom. The van der Waals surface area contributed by atoms with Gasteiger partial charge in [-0.2, -0.15) is 0 Å². The summed E-state index contributed by atoms with van der Waals surface area (Å²) in [6.07, 6.45) is 2.56. The molecule has 0 unspecified atom stereocenters. The summed E-state index contributed by atoms with van der Waals surface area (Å²) in [6.45, 7) is 3.89. The minimum absolute atomic E-state index is 0.00468. The van der Waals surface area contributed by atoms with Gasteiger partial charge in [-0.25, -0.2) is 4.68 Å². The third kappa shape index (κ3) is 2.51. The number of aromatic nitrogens is 4. The Labute approximate surface area is 153 Å². The third-order valence-electron chi connectivity index (χ3n) is 4.55. The monoisotopic (exact) mass is 364 g/mol. The lowest BCUT2D eigenvalue weighted by molar-refractivity contribution is 0.0880. The van der Waals surface area contributed by atoms with E-state index in [9.17, 15) is 14.4 Å². The van der Waals surface area contributed by atoms with Crippen LogP contribution in [-0.4, -0.2) is 31.4 Å². The van der Waals surface area contributed by atoms with Gasteiger partial charge < -0.3 is 5.73 Å². The molecule has 0 bridgehead atoms. The predicted octanol–water partition coefficient (Wildman–Crippen LogP) is 0.755. The van der Waals surface area contributed by atoms with Crippen LogP contribution in [0, 0.1) is 6.92 Å². The third-order valence-corrected chi connectivity index (χ3v) is 4.55. The lowest BCUT2D eigenvalue weighted by Gasteiger charge is -2.14. The van der Waals surface area contributed by atoms with E-state index in [2.05, 4.69) is 15.6 Å². The van der Waals surface area contributed by atoms with E-state index in [1.807, 2.05) is 26.1 Å². The van der Waals surface area contributed by atoms with E-state index in [1.54, 1.807) is 16.8 Å². The van der Waals surface area contributed by atoms with Crippen LogP contribution in [0.25, 0.3) is 11.4 Å². The number of fused-ring (bicyclic) bond motifs is 1. The molecule has 1 aromatic carbocycles. The summed E-state index contributed by atoms with van der Waals surface area (Å²) in [5, 5.41) is 10.4. The van der Waals surface area contributed by atoms with Crippen molar-refractivity contribution in [3.63, 3.8) is 0 Å². The molecule has 0 saturated carbocycles. The van der Waals surface area contributed by atoms with Gasteiger partial charge in [0, 0.05) is 6.07 Å². The van der Waals surface area contributed by atoms with E-state index >= 15 is 0 Å². The molecular weight excluding hydrogens is 348 g/mol. The van der Waals surface area contributed by atoms with Crippen LogP contribution < -0.4 is 16.6 Å². The fourth-order valence-corrected chi connectivity index (χ4v) is 3.11. The number of carbonyl (C=O) groups excluding carboxylic acids is 2. The van der Waals surface area contributed by atoms with Crippen molar-refractivity contribution in [2.24, 2.45) is 0 Å². The van der Waals surface area contributed by atoms with Gasteiger partial charge in [-0.3, -0.25) is 24.3 Å². The molecule has 0 radical (unpaired) electrons. The molecular formula is C18H16N6O3. The number of nitrogens with two attached hydrogens (primary N) is 1. The summed E-state index contributed by atoms with van der Waals surface area (Å²) in [7, 11) is 0. The number of hydrogen-bond donors (Lipinski definition) is 2. The van der Waals surface area contributed by atoms with Gasteiger partial charge in [-0.15, -0.1) is 5.10 Å². The Morgan fingerprint density at radius 1 is 1.15 bits per heavy atom. The van der Waals surface area contributed by atoms with E-state index in [-0.39, 0.29) is 16.9 Å². The van der Waals surface area contributed by atoms with Crippen molar-refractivity contribution in [1.29, 1.82) is 0 Å². The highest BCUT2D eigenvalue weighted by Gasteiger charge is 2.31. The number of rotatable bonds is 3. The lowest BCUT2D eigenvalue weighted by Crippen LogP contribution is -2.24. The van der Waals surface area contributed by atoms with Gasteiger partial charge >= 0.3 is 0 Å². The van der Waals surface area contributed by atoms with Crippen molar-refractivity contribution in [2.45, 2.75) is 20.3 Å². The van der Waals surface area contributed by atoms with Crippen molar-refractivity contribution in [3.05, 3.63) is 63.2 Å². The molecule has 2 aromatic heterocycles. The zero-order valence-corrected chi connectivity index (χ0v) is 14.7. The molecule has 9 nitrogen and oxygen atoms in total. The first kappa shape index (κ1) is 16.7. The Bertz CT molecular complexity index is 1170. The molecule has 136 valence electrons. The summed E-state index contributed by atoms with van der Waals surface area (Å²) >= 11 is 0. The number of hydrogen-bond acceptors (Lipinski definition) is 6. The average molecular weight is 364 g/mol. The number of amides is 2. The second-order valence-electron chi connectivity index (χ2n) is 6.25. The number of benzene rings is 1. The van der Waals surface area contributed by atoms with E-state index in [4.69, 9.17) is 5.73 Å². The fourth-order valence-electron chi connectivity index (χ4n) is 3.11. The molecule has 9 heteroatoms. The van der Waals surface area contributed by atoms with Crippen LogP contribution in [0.15, 0.2) is 35.3 Å².